The highest BCUT2D eigenvalue weighted by Crippen LogP contribution is 2.37. The number of carbonyl (C=O) groups excluding carboxylic acids is 2. The second-order valence-corrected chi connectivity index (χ2v) is 14.4. The lowest BCUT2D eigenvalue weighted by atomic mass is 9.77. The van der Waals surface area contributed by atoms with Crippen molar-refractivity contribution in [1.82, 2.24) is 24.8 Å². The number of nitrogen functional groups attached to an aromatic ring is 1. The number of nitrogens with two attached hydrogens (primary N) is 1. The normalized spacial score (nSPS) is 20.6. The molecular weight excluding hydrogens is 710 g/mol. The van der Waals surface area contributed by atoms with E-state index in [4.69, 9.17) is 15.2 Å². The highest BCUT2D eigenvalue weighted by atomic mass is 79.9. The Balaban J connectivity index is 1.05. The molecule has 3 atom stereocenters. The first-order valence-corrected chi connectivity index (χ1v) is 17.8. The molecule has 10 nitrogen and oxygen atoms in total. The number of piperidine rings is 1. The van der Waals surface area contributed by atoms with Crippen molar-refractivity contribution in [1.29, 1.82) is 0 Å². The maximum Gasteiger partial charge on any atom is 0.254 e. The van der Waals surface area contributed by atoms with Gasteiger partial charge in [-0.05, 0) is 89.0 Å². The molecule has 3 heterocycles. The fourth-order valence-corrected chi connectivity index (χ4v) is 7.76. The van der Waals surface area contributed by atoms with E-state index in [9.17, 15) is 18.4 Å². The predicted molar refractivity (Wildman–Crippen MR) is 187 cm³/mol. The van der Waals surface area contributed by atoms with Gasteiger partial charge in [-0.1, -0.05) is 44.0 Å². The Morgan fingerprint density at radius 3 is 2.56 bits per heavy atom. The Labute approximate surface area is 297 Å². The average molecular weight is 750 g/mol. The number of rotatable bonds is 7. The van der Waals surface area contributed by atoms with Gasteiger partial charge in [-0.15, -0.1) is 5.10 Å². The van der Waals surface area contributed by atoms with Crippen LogP contribution in [0.5, 0.6) is 11.5 Å². The summed E-state index contributed by atoms with van der Waals surface area (Å²) in [4.78, 5) is 31.9. The third-order valence-corrected chi connectivity index (χ3v) is 11.3. The summed E-state index contributed by atoms with van der Waals surface area (Å²) in [6.45, 7) is 6.03. The minimum absolute atomic E-state index is 0.0608. The third-order valence-electron chi connectivity index (χ3n) is 10.6. The van der Waals surface area contributed by atoms with Crippen LogP contribution in [0, 0.1) is 23.5 Å². The molecule has 2 aliphatic heterocycles. The molecular formula is C37H39BrF2N6O4. The lowest BCUT2D eigenvalue weighted by molar-refractivity contribution is 0.0449. The Kier molecular flexibility index (Phi) is 9.51. The van der Waals surface area contributed by atoms with Crippen molar-refractivity contribution >= 4 is 33.4 Å². The zero-order valence-electron chi connectivity index (χ0n) is 27.9. The van der Waals surface area contributed by atoms with Crippen molar-refractivity contribution in [3.05, 3.63) is 87.5 Å². The molecule has 2 N–H and O–H groups in total. The summed E-state index contributed by atoms with van der Waals surface area (Å²) in [5.41, 5.74) is 7.97. The van der Waals surface area contributed by atoms with E-state index in [2.05, 4.69) is 40.1 Å². The summed E-state index contributed by atoms with van der Waals surface area (Å²) in [6, 6.07) is 14.0. The summed E-state index contributed by atoms with van der Waals surface area (Å²) < 4.78 is 41.0. The fraction of sp³-hybridized carbons (Fsp3) is 0.405. The molecule has 50 heavy (non-hydrogen) atoms. The van der Waals surface area contributed by atoms with Gasteiger partial charge in [0, 0.05) is 42.4 Å². The predicted octanol–water partition coefficient (Wildman–Crippen LogP) is 7.24. The SMILES string of the molecule is CC1CCCC(N(Cc2ccc3c(c2)OCO3)C(=O)c2cccc(C(=O)N3CCC(n4cc(-c5cc(F)c(Br)c(F)c5N)nn4)CC3)c2)C1C. The maximum absolute atomic E-state index is 14.4. The number of ether oxygens (including phenoxy) is 2. The summed E-state index contributed by atoms with van der Waals surface area (Å²) in [7, 11) is 0. The number of benzene rings is 3. The molecule has 0 radical (unpaired) electrons. The van der Waals surface area contributed by atoms with E-state index >= 15 is 0 Å². The van der Waals surface area contributed by atoms with Gasteiger partial charge in [0.2, 0.25) is 6.79 Å². The van der Waals surface area contributed by atoms with E-state index in [1.54, 1.807) is 40.0 Å². The summed E-state index contributed by atoms with van der Waals surface area (Å²) in [5.74, 6) is 0.279. The first kappa shape index (κ1) is 34.0. The van der Waals surface area contributed by atoms with Crippen molar-refractivity contribution in [3.8, 4) is 22.8 Å². The van der Waals surface area contributed by atoms with Crippen LogP contribution in [0.15, 0.2) is 59.2 Å². The van der Waals surface area contributed by atoms with Gasteiger partial charge in [-0.3, -0.25) is 9.59 Å². The van der Waals surface area contributed by atoms with Crippen LogP contribution in [0.3, 0.4) is 0 Å². The Morgan fingerprint density at radius 1 is 1.00 bits per heavy atom. The molecule has 3 aromatic carbocycles. The summed E-state index contributed by atoms with van der Waals surface area (Å²) in [6.07, 6.45) is 5.95. The monoisotopic (exact) mass is 748 g/mol. The van der Waals surface area contributed by atoms with Crippen LogP contribution in [-0.4, -0.2) is 62.5 Å². The Hall–Kier alpha value is -4.52. The van der Waals surface area contributed by atoms with Gasteiger partial charge in [0.05, 0.1) is 22.4 Å². The molecule has 4 aromatic rings. The molecule has 0 bridgehead atoms. The van der Waals surface area contributed by atoms with Gasteiger partial charge in [0.1, 0.15) is 11.5 Å². The van der Waals surface area contributed by atoms with Gasteiger partial charge in [-0.2, -0.15) is 0 Å². The standard InChI is InChI=1S/C37H39BrF2N6O4/c1-21-5-3-8-30(22(21)2)45(18-23-9-10-31-32(15-23)50-20-49-31)37(48)25-7-4-6-24(16-25)36(47)44-13-11-26(12-14-44)46-19-29(42-43-46)27-17-28(39)33(38)34(40)35(27)41/h4,6-7,9-10,15-17,19,21-22,26,30H,3,5,8,11-14,18,20,41H2,1-2H3. The number of likely N-dealkylation sites (tertiary alicyclic amines) is 1. The van der Waals surface area contributed by atoms with E-state index in [0.29, 0.717) is 66.9 Å². The highest BCUT2D eigenvalue weighted by molar-refractivity contribution is 9.10. The lowest BCUT2D eigenvalue weighted by Crippen LogP contribution is -2.47. The lowest BCUT2D eigenvalue weighted by Gasteiger charge is -2.42. The largest absolute Gasteiger partial charge is 0.454 e. The van der Waals surface area contributed by atoms with Crippen LogP contribution in [0.1, 0.15) is 78.3 Å². The van der Waals surface area contributed by atoms with Crippen LogP contribution in [0.2, 0.25) is 0 Å². The van der Waals surface area contributed by atoms with Crippen molar-refractivity contribution in [2.24, 2.45) is 11.8 Å². The van der Waals surface area contributed by atoms with E-state index in [1.807, 2.05) is 23.1 Å². The zero-order valence-corrected chi connectivity index (χ0v) is 29.5. The molecule has 0 spiro atoms. The van der Waals surface area contributed by atoms with Crippen LogP contribution in [0.25, 0.3) is 11.3 Å². The molecule has 7 rings (SSSR count). The van der Waals surface area contributed by atoms with Crippen LogP contribution < -0.4 is 15.2 Å². The second kappa shape index (κ2) is 14.0. The Bertz CT molecular complexity index is 1930. The van der Waals surface area contributed by atoms with Crippen molar-refractivity contribution in [2.75, 3.05) is 25.6 Å². The van der Waals surface area contributed by atoms with Gasteiger partial charge in [0.15, 0.2) is 17.3 Å². The summed E-state index contributed by atoms with van der Waals surface area (Å²) >= 11 is 2.87. The topological polar surface area (TPSA) is 116 Å². The van der Waals surface area contributed by atoms with Gasteiger partial charge >= 0.3 is 0 Å². The molecule has 262 valence electrons. The number of hydrogen-bond donors (Lipinski definition) is 1. The minimum Gasteiger partial charge on any atom is -0.454 e. The molecule has 3 aliphatic rings. The smallest absolute Gasteiger partial charge is 0.254 e. The third kappa shape index (κ3) is 6.55. The van der Waals surface area contributed by atoms with Crippen molar-refractivity contribution in [2.45, 2.75) is 64.6 Å². The highest BCUT2D eigenvalue weighted by Gasteiger charge is 2.35. The van der Waals surface area contributed by atoms with Gasteiger partial charge in [-0.25, -0.2) is 13.5 Å². The number of hydrogen-bond acceptors (Lipinski definition) is 7. The average Bonchev–Trinajstić information content (AvgIpc) is 3.82. The van der Waals surface area contributed by atoms with Crippen molar-refractivity contribution in [3.63, 3.8) is 0 Å². The quantitative estimate of drug-likeness (QED) is 0.157. The first-order chi connectivity index (χ1) is 24.1. The zero-order chi connectivity index (χ0) is 35.1. The first-order valence-electron chi connectivity index (χ1n) is 17.0. The number of amides is 2. The molecule has 1 saturated carbocycles. The van der Waals surface area contributed by atoms with E-state index in [1.165, 1.54) is 0 Å². The molecule has 2 amide bonds. The van der Waals surface area contributed by atoms with E-state index in [0.717, 1.165) is 30.9 Å². The van der Waals surface area contributed by atoms with E-state index < -0.39 is 11.6 Å². The maximum atomic E-state index is 14.4. The second-order valence-electron chi connectivity index (χ2n) is 13.6. The number of carbonyl (C=O) groups is 2. The van der Waals surface area contributed by atoms with Crippen LogP contribution in [0.4, 0.5) is 14.5 Å². The van der Waals surface area contributed by atoms with Crippen molar-refractivity contribution < 1.29 is 27.8 Å². The number of halogens is 3. The molecule has 1 aliphatic carbocycles. The molecule has 2 fully saturated rings. The Morgan fingerprint density at radius 2 is 1.76 bits per heavy atom. The summed E-state index contributed by atoms with van der Waals surface area (Å²) in [5, 5.41) is 8.32. The molecule has 1 saturated heterocycles. The van der Waals surface area contributed by atoms with Crippen LogP contribution in [-0.2, 0) is 6.54 Å². The molecule has 1 aromatic heterocycles. The minimum atomic E-state index is -0.886. The number of nitrogens with zero attached hydrogens (tertiary/aromatic N) is 5. The van der Waals surface area contributed by atoms with Gasteiger partial charge in [0.25, 0.3) is 11.8 Å². The van der Waals surface area contributed by atoms with Crippen LogP contribution >= 0.6 is 15.9 Å². The van der Waals surface area contributed by atoms with Gasteiger partial charge < -0.3 is 25.0 Å². The fourth-order valence-electron chi connectivity index (χ4n) is 7.44. The number of fused-ring (bicyclic) bond motifs is 1. The molecule has 3 unspecified atom stereocenters. The van der Waals surface area contributed by atoms with E-state index in [-0.39, 0.29) is 52.1 Å². The number of anilines is 1. The number of aromatic nitrogens is 3. The molecule has 13 heteroatoms.